The van der Waals surface area contributed by atoms with E-state index < -0.39 is 52.7 Å². The molecule has 2 rings (SSSR count). The number of aliphatic carboxylic acids is 2. The molecule has 3 atom stereocenters. The van der Waals surface area contributed by atoms with Gasteiger partial charge in [-0.05, 0) is 54.5 Å². The van der Waals surface area contributed by atoms with Crippen molar-refractivity contribution < 1.29 is 39.1 Å². The third kappa shape index (κ3) is 16.7. The highest BCUT2D eigenvalue weighted by Crippen LogP contribution is 2.19. The van der Waals surface area contributed by atoms with Gasteiger partial charge in [0.1, 0.15) is 18.1 Å². The van der Waals surface area contributed by atoms with E-state index in [9.17, 15) is 44.3 Å². The van der Waals surface area contributed by atoms with E-state index in [1.54, 1.807) is 36.4 Å². The Balaban J connectivity index is 2.03. The number of anilines is 2. The van der Waals surface area contributed by atoms with E-state index in [1.807, 2.05) is 53.7 Å². The highest BCUT2D eigenvalue weighted by atomic mass is 16.6. The molecule has 0 bridgehead atoms. The number of hydrogen-bond donors (Lipinski definition) is 7. The van der Waals surface area contributed by atoms with Gasteiger partial charge in [-0.2, -0.15) is 0 Å². The molecule has 2 aromatic rings. The molecular formula is C37H48N6O9. The number of rotatable bonds is 18. The number of amides is 3. The first-order valence-electron chi connectivity index (χ1n) is 16.7. The molecule has 0 saturated heterocycles. The van der Waals surface area contributed by atoms with E-state index in [0.717, 1.165) is 11.8 Å². The second kappa shape index (κ2) is 20.1. The summed E-state index contributed by atoms with van der Waals surface area (Å²) in [5, 5.41) is 43.8. The van der Waals surface area contributed by atoms with Crippen LogP contribution in [0, 0.1) is 40.2 Å². The van der Waals surface area contributed by atoms with Gasteiger partial charge in [-0.1, -0.05) is 64.4 Å². The maximum atomic E-state index is 13.2. The van der Waals surface area contributed by atoms with E-state index >= 15 is 0 Å². The van der Waals surface area contributed by atoms with Gasteiger partial charge in [0.15, 0.2) is 5.82 Å². The highest BCUT2D eigenvalue weighted by Gasteiger charge is 2.27. The van der Waals surface area contributed by atoms with Gasteiger partial charge in [-0.15, -0.1) is 11.8 Å². The van der Waals surface area contributed by atoms with Crippen LogP contribution in [-0.2, 0) is 30.4 Å². The van der Waals surface area contributed by atoms with Crippen LogP contribution in [0.3, 0.4) is 0 Å². The number of carbonyl (C=O) groups is 5. The summed E-state index contributed by atoms with van der Waals surface area (Å²) in [4.78, 5) is 72.5. The summed E-state index contributed by atoms with van der Waals surface area (Å²) in [6.45, 7) is 11.1. The fourth-order valence-corrected chi connectivity index (χ4v) is 4.74. The van der Waals surface area contributed by atoms with Gasteiger partial charge in [-0.25, -0.2) is 9.59 Å². The smallest absolute Gasteiger partial charge is 0.327 e. The molecule has 0 aromatic heterocycles. The van der Waals surface area contributed by atoms with Gasteiger partial charge in [0.25, 0.3) is 6.20 Å². The lowest BCUT2D eigenvalue weighted by molar-refractivity contribution is -0.403. The summed E-state index contributed by atoms with van der Waals surface area (Å²) in [6, 6.07) is 10.1. The van der Waals surface area contributed by atoms with Gasteiger partial charge in [0.05, 0.1) is 11.3 Å². The molecule has 15 nitrogen and oxygen atoms in total. The molecule has 3 amide bonds. The lowest BCUT2D eigenvalue weighted by Gasteiger charge is -2.22. The average molecular weight is 721 g/mol. The molecule has 0 aliphatic heterocycles. The number of nitrogens with one attached hydrogen (secondary N) is 5. The van der Waals surface area contributed by atoms with E-state index in [1.165, 1.54) is 0 Å². The molecule has 0 aliphatic rings. The summed E-state index contributed by atoms with van der Waals surface area (Å²) < 4.78 is 0. The monoisotopic (exact) mass is 720 g/mol. The molecule has 7 N–H and O–H groups in total. The first kappa shape index (κ1) is 42.3. The van der Waals surface area contributed by atoms with E-state index in [2.05, 4.69) is 38.4 Å². The first-order chi connectivity index (χ1) is 24.3. The quantitative estimate of drug-likeness (QED) is 0.0661. The molecule has 0 radical (unpaired) electrons. The van der Waals surface area contributed by atoms with Crippen LogP contribution in [0.2, 0.25) is 0 Å². The Bertz CT molecular complexity index is 1670. The number of nitro groups is 1. The number of aryl methyl sites for hydroxylation is 1. The zero-order valence-corrected chi connectivity index (χ0v) is 30.2. The second-order valence-corrected chi connectivity index (χ2v) is 13.9. The lowest BCUT2D eigenvalue weighted by atomic mass is 9.92. The molecule has 52 heavy (non-hydrogen) atoms. The molecular weight excluding hydrogens is 672 g/mol. The number of nitrogens with zero attached hydrogens (tertiary/aromatic N) is 1. The molecule has 0 aliphatic carbocycles. The number of carbonyl (C=O) groups excluding carboxylic acids is 3. The molecule has 2 aromatic carbocycles. The predicted octanol–water partition coefficient (Wildman–Crippen LogP) is 4.03. The van der Waals surface area contributed by atoms with E-state index in [4.69, 9.17) is 0 Å². The fourth-order valence-electron chi connectivity index (χ4n) is 4.74. The Morgan fingerprint density at radius 3 is 1.73 bits per heavy atom. The lowest BCUT2D eigenvalue weighted by Crippen LogP contribution is -2.52. The SMILES string of the molecule is Cc1ccc(N/C(=C/[N+](=O)[O-])Nc2ccc(CC(=O)NC(CC(C)C)C(=O)NC(CC#CCC(NC(=O)CC(C)(C)C)C(=O)O)C(=O)O)cc2)cc1. The molecule has 15 heteroatoms. The standard InChI is InChI=1S/C37H48N6O9/c1-23(2)19-30(34(46)42-29(36(49)50)10-8-7-9-28(35(47)48)40-33(45)21-37(4,5)6)41-32(44)20-25-13-17-27(18-14-25)39-31(22-43(51)52)38-26-15-11-24(3)12-16-26/h11-18,22-23,28-30,38-39H,9-10,19-21H2,1-6H3,(H,40,45)(H,41,44)(H,42,46)(H,47,48)(H,49,50)/b31-22-. The molecule has 3 unspecified atom stereocenters. The maximum absolute atomic E-state index is 13.2. The van der Waals surface area contributed by atoms with Crippen LogP contribution >= 0.6 is 0 Å². The van der Waals surface area contributed by atoms with Gasteiger partial charge < -0.3 is 36.8 Å². The van der Waals surface area contributed by atoms with Crippen molar-refractivity contribution in [3.63, 3.8) is 0 Å². The maximum Gasteiger partial charge on any atom is 0.327 e. The topological polar surface area (TPSA) is 229 Å². The zero-order valence-electron chi connectivity index (χ0n) is 30.2. The van der Waals surface area contributed by atoms with Crippen molar-refractivity contribution >= 4 is 41.0 Å². The Morgan fingerprint density at radius 2 is 1.27 bits per heavy atom. The largest absolute Gasteiger partial charge is 0.480 e. The van der Waals surface area contributed by atoms with Crippen molar-refractivity contribution in [1.29, 1.82) is 0 Å². The normalized spacial score (nSPS) is 13.0. The number of carboxylic acids is 2. The van der Waals surface area contributed by atoms with Crippen LogP contribution in [0.25, 0.3) is 0 Å². The molecule has 0 fully saturated rings. The van der Waals surface area contributed by atoms with Crippen molar-refractivity contribution in [1.82, 2.24) is 16.0 Å². The van der Waals surface area contributed by atoms with Crippen LogP contribution in [0.15, 0.2) is 60.6 Å². The summed E-state index contributed by atoms with van der Waals surface area (Å²) in [6.07, 6.45) is 0.405. The molecule has 0 saturated carbocycles. The third-order valence-electron chi connectivity index (χ3n) is 7.20. The number of benzene rings is 2. The Hall–Kier alpha value is -5.91. The number of hydrogen-bond acceptors (Lipinski definition) is 9. The number of carboxylic acid groups (broad SMARTS) is 2. The van der Waals surface area contributed by atoms with Gasteiger partial charge >= 0.3 is 11.9 Å². The Kier molecular flexibility index (Phi) is 16.3. The average Bonchev–Trinajstić information content (AvgIpc) is 3.01. The summed E-state index contributed by atoms with van der Waals surface area (Å²) in [5.74, 6) is 0.917. The highest BCUT2D eigenvalue weighted by molar-refractivity contribution is 5.91. The van der Waals surface area contributed by atoms with Crippen molar-refractivity contribution in [3.8, 4) is 11.8 Å². The zero-order chi connectivity index (χ0) is 39.0. The summed E-state index contributed by atoms with van der Waals surface area (Å²) in [7, 11) is 0. The third-order valence-corrected chi connectivity index (χ3v) is 7.20. The summed E-state index contributed by atoms with van der Waals surface area (Å²) in [5.41, 5.74) is 2.43. The predicted molar refractivity (Wildman–Crippen MR) is 195 cm³/mol. The molecule has 0 spiro atoms. The second-order valence-electron chi connectivity index (χ2n) is 13.9. The van der Waals surface area contributed by atoms with Crippen LogP contribution < -0.4 is 26.6 Å². The van der Waals surface area contributed by atoms with Gasteiger partial charge in [-0.3, -0.25) is 24.5 Å². The van der Waals surface area contributed by atoms with Crippen LogP contribution in [0.5, 0.6) is 0 Å². The summed E-state index contributed by atoms with van der Waals surface area (Å²) >= 11 is 0. The van der Waals surface area contributed by atoms with E-state index in [-0.39, 0.29) is 49.3 Å². The minimum Gasteiger partial charge on any atom is -0.480 e. The molecule has 0 heterocycles. The molecule has 280 valence electrons. The van der Waals surface area contributed by atoms with Gasteiger partial charge in [0.2, 0.25) is 17.7 Å². The van der Waals surface area contributed by atoms with Gasteiger partial charge in [0, 0.05) is 30.6 Å². The van der Waals surface area contributed by atoms with E-state index in [0.29, 0.717) is 16.9 Å². The van der Waals surface area contributed by atoms with Crippen molar-refractivity contribution in [3.05, 3.63) is 81.8 Å². The van der Waals surface area contributed by atoms with Crippen LogP contribution in [-0.4, -0.2) is 62.9 Å². The fraction of sp³-hybridized carbons (Fsp3) is 0.432. The van der Waals surface area contributed by atoms with Crippen LogP contribution in [0.4, 0.5) is 11.4 Å². The van der Waals surface area contributed by atoms with Crippen molar-refractivity contribution in [2.24, 2.45) is 11.3 Å². The Labute approximate surface area is 303 Å². The minimum absolute atomic E-state index is 0.0409. The first-order valence-corrected chi connectivity index (χ1v) is 16.7. The van der Waals surface area contributed by atoms with Crippen molar-refractivity contribution in [2.75, 3.05) is 10.6 Å². The van der Waals surface area contributed by atoms with Crippen molar-refractivity contribution in [2.45, 2.75) is 91.8 Å². The van der Waals surface area contributed by atoms with Crippen LogP contribution in [0.1, 0.15) is 71.4 Å². The minimum atomic E-state index is -1.44. The Morgan fingerprint density at radius 1 is 0.788 bits per heavy atom.